The minimum atomic E-state index is -0.389. The van der Waals surface area contributed by atoms with E-state index in [1.54, 1.807) is 0 Å². The zero-order valence-electron chi connectivity index (χ0n) is 14.6. The van der Waals surface area contributed by atoms with Gasteiger partial charge in [0, 0.05) is 43.3 Å². The number of fused-ring (bicyclic) bond motifs is 1. The highest BCUT2D eigenvalue weighted by Gasteiger charge is 2.38. The third kappa shape index (κ3) is 3.89. The van der Waals surface area contributed by atoms with Crippen LogP contribution in [0.3, 0.4) is 0 Å². The number of amides is 1. The predicted octanol–water partition coefficient (Wildman–Crippen LogP) is 3.19. The normalized spacial score (nSPS) is 14.6. The number of benzene rings is 1. The van der Waals surface area contributed by atoms with Crippen LogP contribution in [0.15, 0.2) is 38.9 Å². The second-order valence-electron chi connectivity index (χ2n) is 6.54. The number of hydrogen-bond acceptors (Lipinski definition) is 5. The Kier molecular flexibility index (Phi) is 4.86. The molecule has 0 aliphatic carbocycles. The van der Waals surface area contributed by atoms with Crippen molar-refractivity contribution in [1.29, 1.82) is 0 Å². The number of nitrogens with zero attached hydrogens (tertiary/aromatic N) is 3. The third-order valence-corrected chi connectivity index (χ3v) is 4.24. The summed E-state index contributed by atoms with van der Waals surface area (Å²) in [5.74, 6) is 2.77. The Balaban J connectivity index is 1.68. The van der Waals surface area contributed by atoms with Gasteiger partial charge in [-0.05, 0) is 20.2 Å². The molecule has 0 saturated heterocycles. The van der Waals surface area contributed by atoms with Crippen LogP contribution < -0.4 is 5.32 Å². The van der Waals surface area contributed by atoms with Crippen molar-refractivity contribution < 1.29 is 9.21 Å². The maximum Gasteiger partial charge on any atom is 0.287 e. The molecule has 25 heavy (non-hydrogen) atoms. The van der Waals surface area contributed by atoms with Crippen molar-refractivity contribution in [3.63, 3.8) is 0 Å². The van der Waals surface area contributed by atoms with E-state index >= 15 is 0 Å². The molecule has 0 saturated carbocycles. The van der Waals surface area contributed by atoms with Gasteiger partial charge in [0.05, 0.1) is 0 Å². The quantitative estimate of drug-likeness (QED) is 0.752. The molecule has 0 fully saturated rings. The first-order valence-electron chi connectivity index (χ1n) is 8.35. The summed E-state index contributed by atoms with van der Waals surface area (Å²) in [6.45, 7) is 1.12. The molecule has 2 aromatic rings. The van der Waals surface area contributed by atoms with E-state index in [1.165, 1.54) is 0 Å². The number of carbonyl (C=O) groups is 1. The number of para-hydroxylation sites is 1. The van der Waals surface area contributed by atoms with Crippen LogP contribution in [-0.2, 0) is 6.54 Å². The van der Waals surface area contributed by atoms with E-state index in [1.807, 2.05) is 43.3 Å². The molecule has 130 valence electrons. The highest BCUT2D eigenvalue weighted by molar-refractivity contribution is 5.99. The lowest BCUT2D eigenvalue weighted by Crippen LogP contribution is -2.29. The van der Waals surface area contributed by atoms with Crippen molar-refractivity contribution >= 4 is 16.9 Å². The lowest BCUT2D eigenvalue weighted by molar-refractivity contribution is 0.0924. The number of hydrogen-bond donors (Lipinski definition) is 1. The van der Waals surface area contributed by atoms with Crippen LogP contribution in [0.5, 0.6) is 0 Å². The van der Waals surface area contributed by atoms with E-state index in [2.05, 4.69) is 21.5 Å². The van der Waals surface area contributed by atoms with E-state index in [9.17, 15) is 4.79 Å². The van der Waals surface area contributed by atoms with Gasteiger partial charge in [0.25, 0.3) is 5.91 Å². The summed E-state index contributed by atoms with van der Waals surface area (Å²) in [7, 11) is 3.93. The summed E-state index contributed by atoms with van der Waals surface area (Å²) >= 11 is 0. The zero-order valence-corrected chi connectivity index (χ0v) is 14.6. The van der Waals surface area contributed by atoms with E-state index in [0.717, 1.165) is 23.0 Å². The molecule has 1 aliphatic rings. The SMILES string of the molecule is C#CCCC1(CCNC(=O)c2oc3ccccc3c2CN(C)C)N=N1. The number of rotatable bonds is 8. The Morgan fingerprint density at radius 3 is 2.76 bits per heavy atom. The lowest BCUT2D eigenvalue weighted by atomic mass is 10.0. The molecule has 2 heterocycles. The molecule has 0 unspecified atom stereocenters. The van der Waals surface area contributed by atoms with Gasteiger partial charge in [-0.2, -0.15) is 10.2 Å². The Bertz CT molecular complexity index is 839. The molecule has 0 spiro atoms. The van der Waals surface area contributed by atoms with Gasteiger partial charge in [0.2, 0.25) is 0 Å². The van der Waals surface area contributed by atoms with Gasteiger partial charge in [-0.1, -0.05) is 18.2 Å². The van der Waals surface area contributed by atoms with Gasteiger partial charge in [-0.15, -0.1) is 12.3 Å². The van der Waals surface area contributed by atoms with Gasteiger partial charge in [0.15, 0.2) is 11.4 Å². The van der Waals surface area contributed by atoms with Crippen molar-refractivity contribution in [1.82, 2.24) is 10.2 Å². The van der Waals surface area contributed by atoms with Crippen LogP contribution >= 0.6 is 0 Å². The van der Waals surface area contributed by atoms with Gasteiger partial charge in [0.1, 0.15) is 5.58 Å². The maximum absolute atomic E-state index is 12.6. The first-order chi connectivity index (χ1) is 12.0. The minimum Gasteiger partial charge on any atom is -0.451 e. The third-order valence-electron chi connectivity index (χ3n) is 4.24. The predicted molar refractivity (Wildman–Crippen MR) is 96.2 cm³/mol. The van der Waals surface area contributed by atoms with E-state index in [0.29, 0.717) is 31.7 Å². The van der Waals surface area contributed by atoms with Gasteiger partial charge >= 0.3 is 0 Å². The van der Waals surface area contributed by atoms with Crippen LogP contribution in [0.25, 0.3) is 11.0 Å². The number of terminal acetylenes is 1. The van der Waals surface area contributed by atoms with E-state index < -0.39 is 0 Å². The second kappa shape index (κ2) is 7.08. The summed E-state index contributed by atoms with van der Waals surface area (Å²) in [6, 6.07) is 7.70. The van der Waals surface area contributed by atoms with Crippen molar-refractivity contribution in [2.45, 2.75) is 31.5 Å². The minimum absolute atomic E-state index is 0.208. The summed E-state index contributed by atoms with van der Waals surface area (Å²) in [6.07, 6.45) is 7.31. The fourth-order valence-electron chi connectivity index (χ4n) is 2.88. The second-order valence-corrected chi connectivity index (χ2v) is 6.54. The van der Waals surface area contributed by atoms with Crippen LogP contribution in [0.4, 0.5) is 0 Å². The molecule has 1 N–H and O–H groups in total. The molecule has 0 radical (unpaired) electrons. The first kappa shape index (κ1) is 17.2. The highest BCUT2D eigenvalue weighted by Crippen LogP contribution is 2.36. The van der Waals surface area contributed by atoms with E-state index in [-0.39, 0.29) is 11.6 Å². The molecule has 1 amide bonds. The Hall–Kier alpha value is -2.65. The molecule has 1 aromatic carbocycles. The molecular formula is C19H22N4O2. The fourth-order valence-corrected chi connectivity index (χ4v) is 2.88. The van der Waals surface area contributed by atoms with Crippen molar-refractivity contribution in [2.75, 3.05) is 20.6 Å². The molecule has 1 aliphatic heterocycles. The highest BCUT2D eigenvalue weighted by atomic mass is 16.3. The smallest absolute Gasteiger partial charge is 0.287 e. The van der Waals surface area contributed by atoms with Gasteiger partial charge < -0.3 is 14.6 Å². The summed E-state index contributed by atoms with van der Waals surface area (Å²) in [5.41, 5.74) is 1.24. The Labute approximate surface area is 147 Å². The largest absolute Gasteiger partial charge is 0.451 e. The molecule has 3 rings (SSSR count). The standard InChI is InChI=1S/C19H22N4O2/c1-4-5-10-19(21-22-19)11-12-20-18(24)17-15(13-23(2)3)14-8-6-7-9-16(14)25-17/h1,6-9H,5,10-13H2,2-3H3,(H,20,24). The van der Waals surface area contributed by atoms with Crippen molar-refractivity contribution in [3.8, 4) is 12.3 Å². The number of nitrogens with one attached hydrogen (secondary N) is 1. The average Bonchev–Trinajstić information content (AvgIpc) is 3.27. The fraction of sp³-hybridized carbons (Fsp3) is 0.421. The van der Waals surface area contributed by atoms with Crippen molar-refractivity contribution in [2.24, 2.45) is 10.2 Å². The lowest BCUT2D eigenvalue weighted by Gasteiger charge is -2.11. The van der Waals surface area contributed by atoms with Crippen LogP contribution in [-0.4, -0.2) is 37.1 Å². The van der Waals surface area contributed by atoms with Crippen molar-refractivity contribution in [3.05, 3.63) is 35.6 Å². The van der Waals surface area contributed by atoms with Crippen LogP contribution in [0.1, 0.15) is 35.4 Å². The maximum atomic E-state index is 12.6. The van der Waals surface area contributed by atoms with E-state index in [4.69, 9.17) is 10.8 Å². The molecule has 6 nitrogen and oxygen atoms in total. The first-order valence-corrected chi connectivity index (χ1v) is 8.35. The Morgan fingerprint density at radius 1 is 1.32 bits per heavy atom. The molecule has 0 atom stereocenters. The zero-order chi connectivity index (χ0) is 17.9. The van der Waals surface area contributed by atoms with Gasteiger partial charge in [-0.25, -0.2) is 0 Å². The monoisotopic (exact) mass is 338 g/mol. The molecular weight excluding hydrogens is 316 g/mol. The van der Waals surface area contributed by atoms with Crippen LogP contribution in [0.2, 0.25) is 0 Å². The summed E-state index contributed by atoms with van der Waals surface area (Å²) < 4.78 is 5.81. The van der Waals surface area contributed by atoms with Gasteiger partial charge in [-0.3, -0.25) is 4.79 Å². The molecule has 1 aromatic heterocycles. The Morgan fingerprint density at radius 2 is 2.08 bits per heavy atom. The average molecular weight is 338 g/mol. The topological polar surface area (TPSA) is 70.2 Å². The molecule has 6 heteroatoms. The molecule has 0 bridgehead atoms. The number of carbonyl (C=O) groups excluding carboxylic acids is 1. The summed E-state index contributed by atoms with van der Waals surface area (Å²) in [5, 5.41) is 12.1. The number of furan rings is 1. The summed E-state index contributed by atoms with van der Waals surface area (Å²) in [4.78, 5) is 14.6. The van der Waals surface area contributed by atoms with Crippen LogP contribution in [0, 0.1) is 12.3 Å².